The number of aryl methyl sites for hydroxylation is 1. The lowest BCUT2D eigenvalue weighted by Gasteiger charge is -2.19. The Kier molecular flexibility index (Phi) is 3.14. The van der Waals surface area contributed by atoms with Crippen molar-refractivity contribution in [1.29, 1.82) is 0 Å². The molecule has 0 nitrogen and oxygen atoms in total. The minimum absolute atomic E-state index is 1.09. The van der Waals surface area contributed by atoms with E-state index in [1.54, 1.807) is 22.3 Å². The van der Waals surface area contributed by atoms with Crippen molar-refractivity contribution in [2.24, 2.45) is 0 Å². The maximum atomic E-state index is 2.48. The highest BCUT2D eigenvalue weighted by atomic mass is 14.3. The van der Waals surface area contributed by atoms with Crippen LogP contribution in [0.3, 0.4) is 0 Å². The standard InChI is InChI=1S/C27H22/c1-17-13-21-16-20-9-6-12-24(20)27(25(21)14-17)26-22-10-4-2-7-18(22)15-19-8-3-5-11-23(19)26/h2-5,7-8,10-11,13,15-16H,6,9,12,14H2,1H3. The molecule has 0 saturated heterocycles. The van der Waals surface area contributed by atoms with Gasteiger partial charge in [0, 0.05) is 0 Å². The first-order valence-electron chi connectivity index (χ1n) is 10.1. The lowest BCUT2D eigenvalue weighted by Crippen LogP contribution is -1.99. The Morgan fingerprint density at radius 1 is 0.704 bits per heavy atom. The minimum Gasteiger partial charge on any atom is -0.0683 e. The Labute approximate surface area is 160 Å². The third-order valence-electron chi connectivity index (χ3n) is 6.42. The van der Waals surface area contributed by atoms with E-state index in [1.165, 1.54) is 57.5 Å². The van der Waals surface area contributed by atoms with Crippen molar-refractivity contribution in [2.45, 2.75) is 32.6 Å². The third-order valence-corrected chi connectivity index (χ3v) is 6.42. The second kappa shape index (κ2) is 5.57. The van der Waals surface area contributed by atoms with Gasteiger partial charge in [-0.1, -0.05) is 66.2 Å². The van der Waals surface area contributed by atoms with Gasteiger partial charge in [0.2, 0.25) is 0 Å². The molecule has 0 aromatic heterocycles. The molecular weight excluding hydrogens is 324 g/mol. The summed E-state index contributed by atoms with van der Waals surface area (Å²) in [5.41, 5.74) is 10.7. The molecule has 0 saturated carbocycles. The average Bonchev–Trinajstić information content (AvgIpc) is 3.29. The molecule has 4 aromatic carbocycles. The van der Waals surface area contributed by atoms with Crippen LogP contribution < -0.4 is 0 Å². The summed E-state index contributed by atoms with van der Waals surface area (Å²) in [4.78, 5) is 0. The normalized spacial score (nSPS) is 15.2. The summed E-state index contributed by atoms with van der Waals surface area (Å²) in [6.07, 6.45) is 7.23. The van der Waals surface area contributed by atoms with Crippen molar-refractivity contribution in [3.8, 4) is 11.1 Å². The van der Waals surface area contributed by atoms with Gasteiger partial charge in [0.05, 0.1) is 0 Å². The van der Waals surface area contributed by atoms with E-state index in [0.29, 0.717) is 0 Å². The van der Waals surface area contributed by atoms with Crippen LogP contribution in [0.5, 0.6) is 0 Å². The maximum absolute atomic E-state index is 2.48. The van der Waals surface area contributed by atoms with Gasteiger partial charge in [-0.2, -0.15) is 0 Å². The summed E-state index contributed by atoms with van der Waals surface area (Å²) in [6.45, 7) is 2.27. The summed E-state index contributed by atoms with van der Waals surface area (Å²) < 4.78 is 0. The molecule has 4 aromatic rings. The second-order valence-corrected chi connectivity index (χ2v) is 8.17. The van der Waals surface area contributed by atoms with Crippen LogP contribution in [0.2, 0.25) is 0 Å². The molecule has 0 bridgehead atoms. The van der Waals surface area contributed by atoms with E-state index in [0.717, 1.165) is 6.42 Å². The van der Waals surface area contributed by atoms with Gasteiger partial charge >= 0.3 is 0 Å². The molecule has 0 fully saturated rings. The highest BCUT2D eigenvalue weighted by Crippen LogP contribution is 2.46. The number of rotatable bonds is 1. The van der Waals surface area contributed by atoms with Crippen LogP contribution in [0.15, 0.2) is 66.2 Å². The van der Waals surface area contributed by atoms with Crippen molar-refractivity contribution in [3.05, 3.63) is 88.5 Å². The molecule has 0 aliphatic heterocycles. The largest absolute Gasteiger partial charge is 0.0683 e. The summed E-state index contributed by atoms with van der Waals surface area (Å²) in [6, 6.07) is 22.7. The molecular formula is C27H22. The van der Waals surface area contributed by atoms with E-state index in [2.05, 4.69) is 73.7 Å². The van der Waals surface area contributed by atoms with Crippen LogP contribution >= 0.6 is 0 Å². The Morgan fingerprint density at radius 2 is 1.41 bits per heavy atom. The van der Waals surface area contributed by atoms with Gasteiger partial charge in [-0.3, -0.25) is 0 Å². The zero-order chi connectivity index (χ0) is 18.0. The molecule has 0 amide bonds. The van der Waals surface area contributed by atoms with E-state index in [9.17, 15) is 0 Å². The fourth-order valence-electron chi connectivity index (χ4n) is 5.31. The summed E-state index contributed by atoms with van der Waals surface area (Å²) >= 11 is 0. The number of allylic oxidation sites excluding steroid dienone is 1. The van der Waals surface area contributed by atoms with E-state index in [-0.39, 0.29) is 0 Å². The molecule has 27 heavy (non-hydrogen) atoms. The Morgan fingerprint density at radius 3 is 2.15 bits per heavy atom. The van der Waals surface area contributed by atoms with Crippen LogP contribution in [-0.4, -0.2) is 0 Å². The smallest absolute Gasteiger partial charge is 0.00208 e. The molecule has 0 radical (unpaired) electrons. The molecule has 0 heterocycles. The van der Waals surface area contributed by atoms with Crippen LogP contribution in [0, 0.1) is 0 Å². The first-order chi connectivity index (χ1) is 13.3. The topological polar surface area (TPSA) is 0 Å². The highest BCUT2D eigenvalue weighted by molar-refractivity contribution is 6.14. The second-order valence-electron chi connectivity index (χ2n) is 8.17. The first kappa shape index (κ1) is 15.2. The van der Waals surface area contributed by atoms with Gasteiger partial charge < -0.3 is 0 Å². The quantitative estimate of drug-likeness (QED) is 0.322. The monoisotopic (exact) mass is 346 g/mol. The molecule has 130 valence electrons. The van der Waals surface area contributed by atoms with Gasteiger partial charge in [0.15, 0.2) is 0 Å². The fraction of sp³-hybridized carbons (Fsp3) is 0.185. The Hall–Kier alpha value is -2.86. The molecule has 0 unspecified atom stereocenters. The molecule has 0 spiro atoms. The van der Waals surface area contributed by atoms with E-state index in [1.807, 2.05) is 0 Å². The molecule has 0 atom stereocenters. The number of hydrogen-bond acceptors (Lipinski definition) is 0. The molecule has 2 aliphatic rings. The fourth-order valence-corrected chi connectivity index (χ4v) is 5.31. The predicted molar refractivity (Wildman–Crippen MR) is 116 cm³/mol. The highest BCUT2D eigenvalue weighted by Gasteiger charge is 2.26. The minimum atomic E-state index is 1.09. The predicted octanol–water partition coefficient (Wildman–Crippen LogP) is 7.11. The van der Waals surface area contributed by atoms with Gasteiger partial charge in [0.1, 0.15) is 0 Å². The lowest BCUT2D eigenvalue weighted by molar-refractivity contribution is 0.912. The van der Waals surface area contributed by atoms with Gasteiger partial charge in [0.25, 0.3) is 0 Å². The lowest BCUT2D eigenvalue weighted by atomic mass is 9.84. The van der Waals surface area contributed by atoms with Crippen molar-refractivity contribution in [2.75, 3.05) is 0 Å². The van der Waals surface area contributed by atoms with Gasteiger partial charge in [-0.05, 0) is 93.6 Å². The molecule has 2 aliphatic carbocycles. The average molecular weight is 346 g/mol. The first-order valence-corrected chi connectivity index (χ1v) is 10.1. The Balaban J connectivity index is 1.83. The molecule has 0 N–H and O–H groups in total. The summed E-state index contributed by atoms with van der Waals surface area (Å²) in [5, 5.41) is 5.47. The SMILES string of the molecule is CC1=Cc2cc3c(c(-c4c5ccccc5cc5ccccc45)c2C1)CCC3. The Bertz CT molecular complexity index is 1220. The summed E-state index contributed by atoms with van der Waals surface area (Å²) in [5.74, 6) is 0. The molecule has 0 heteroatoms. The van der Waals surface area contributed by atoms with Crippen LogP contribution in [0.25, 0.3) is 38.7 Å². The van der Waals surface area contributed by atoms with Crippen LogP contribution in [0.4, 0.5) is 0 Å². The van der Waals surface area contributed by atoms with Crippen molar-refractivity contribution >= 4 is 27.6 Å². The summed E-state index contributed by atoms with van der Waals surface area (Å²) in [7, 11) is 0. The number of fused-ring (bicyclic) bond motifs is 4. The zero-order valence-electron chi connectivity index (χ0n) is 15.7. The van der Waals surface area contributed by atoms with E-state index >= 15 is 0 Å². The van der Waals surface area contributed by atoms with Gasteiger partial charge in [-0.15, -0.1) is 0 Å². The number of hydrogen-bond donors (Lipinski definition) is 0. The molecule has 6 rings (SSSR count). The zero-order valence-corrected chi connectivity index (χ0v) is 15.7. The number of benzene rings is 4. The van der Waals surface area contributed by atoms with Crippen molar-refractivity contribution in [3.63, 3.8) is 0 Å². The maximum Gasteiger partial charge on any atom is -0.00208 e. The van der Waals surface area contributed by atoms with Crippen molar-refractivity contribution < 1.29 is 0 Å². The van der Waals surface area contributed by atoms with E-state index in [4.69, 9.17) is 0 Å². The van der Waals surface area contributed by atoms with Crippen LogP contribution in [0.1, 0.15) is 35.6 Å². The van der Waals surface area contributed by atoms with E-state index < -0.39 is 0 Å². The third kappa shape index (κ3) is 2.16. The van der Waals surface area contributed by atoms with Gasteiger partial charge in [-0.25, -0.2) is 0 Å². The van der Waals surface area contributed by atoms with Crippen LogP contribution in [-0.2, 0) is 19.3 Å². The van der Waals surface area contributed by atoms with Crippen molar-refractivity contribution in [1.82, 2.24) is 0 Å².